The van der Waals surface area contributed by atoms with Crippen molar-refractivity contribution in [2.24, 2.45) is 0 Å². The first-order valence-corrected chi connectivity index (χ1v) is 9.88. The molecule has 0 atom stereocenters. The minimum Gasteiger partial charge on any atom is -0.325 e. The molecule has 3 rings (SSSR count). The molecule has 1 aliphatic rings. The number of carbonyl (C=O) groups excluding carboxylic acids is 1. The third-order valence-corrected chi connectivity index (χ3v) is 5.44. The molecule has 1 amide bonds. The van der Waals surface area contributed by atoms with E-state index in [1.807, 2.05) is 19.0 Å². The Kier molecular flexibility index (Phi) is 6.28. The highest BCUT2D eigenvalue weighted by atomic mass is 32.2. The molecule has 0 saturated carbocycles. The average Bonchev–Trinajstić information content (AvgIpc) is 3.08. The van der Waals surface area contributed by atoms with Crippen LogP contribution in [0.5, 0.6) is 0 Å². The minimum atomic E-state index is -0.402. The van der Waals surface area contributed by atoms with Crippen LogP contribution in [0.4, 0.5) is 10.1 Å². The fourth-order valence-corrected chi connectivity index (χ4v) is 4.01. The van der Waals surface area contributed by atoms with Crippen molar-refractivity contribution < 1.29 is 9.18 Å². The summed E-state index contributed by atoms with van der Waals surface area (Å²) in [6.07, 6.45) is 2.73. The lowest BCUT2D eigenvalue weighted by Crippen LogP contribution is -2.31. The van der Waals surface area contributed by atoms with E-state index in [4.69, 9.17) is 0 Å². The Labute approximate surface area is 161 Å². The molecule has 0 saturated heterocycles. The van der Waals surface area contributed by atoms with Gasteiger partial charge in [0.25, 0.3) is 0 Å². The Morgan fingerprint density at radius 3 is 2.93 bits per heavy atom. The Morgan fingerprint density at radius 2 is 2.19 bits per heavy atom. The van der Waals surface area contributed by atoms with Crippen molar-refractivity contribution in [3.8, 4) is 0 Å². The molecule has 2 aromatic rings. The van der Waals surface area contributed by atoms with Crippen molar-refractivity contribution >= 4 is 23.4 Å². The summed E-state index contributed by atoms with van der Waals surface area (Å²) in [5.41, 5.74) is 2.28. The van der Waals surface area contributed by atoms with Crippen LogP contribution in [0.1, 0.15) is 17.7 Å². The lowest BCUT2D eigenvalue weighted by molar-refractivity contribution is -0.113. The number of anilines is 1. The van der Waals surface area contributed by atoms with Crippen LogP contribution < -0.4 is 11.0 Å². The summed E-state index contributed by atoms with van der Waals surface area (Å²) < 4.78 is 15.0. The molecule has 0 fully saturated rings. The Bertz CT molecular complexity index is 898. The zero-order valence-electron chi connectivity index (χ0n) is 15.5. The summed E-state index contributed by atoms with van der Waals surface area (Å²) in [6.45, 7) is 1.39. The van der Waals surface area contributed by atoms with Gasteiger partial charge in [-0.3, -0.25) is 9.36 Å². The molecule has 144 valence electrons. The molecule has 0 aliphatic heterocycles. The van der Waals surface area contributed by atoms with Gasteiger partial charge in [-0.1, -0.05) is 17.8 Å². The molecule has 0 radical (unpaired) electrons. The van der Waals surface area contributed by atoms with Crippen molar-refractivity contribution in [3.63, 3.8) is 0 Å². The standard InChI is InChI=1S/C19H23FN4O2S/c1-23(2)9-10-24-16-8-4-7-15(16)18(22-19(24)26)27-12-17(25)21-14-6-3-5-13(20)11-14/h3,5-6,11H,4,7-10,12H2,1-2H3,(H,21,25). The topological polar surface area (TPSA) is 67.2 Å². The van der Waals surface area contributed by atoms with E-state index in [0.717, 1.165) is 37.1 Å². The van der Waals surface area contributed by atoms with Gasteiger partial charge in [-0.2, -0.15) is 4.98 Å². The fraction of sp³-hybridized carbons (Fsp3) is 0.421. The number of nitrogens with one attached hydrogen (secondary N) is 1. The molecule has 1 aliphatic carbocycles. The van der Waals surface area contributed by atoms with Gasteiger partial charge in [0.1, 0.15) is 10.8 Å². The Hall–Kier alpha value is -2.19. The second-order valence-corrected chi connectivity index (χ2v) is 7.74. The van der Waals surface area contributed by atoms with E-state index in [9.17, 15) is 14.0 Å². The van der Waals surface area contributed by atoms with Crippen molar-refractivity contribution in [2.45, 2.75) is 30.8 Å². The van der Waals surface area contributed by atoms with Gasteiger partial charge in [-0.05, 0) is 51.6 Å². The van der Waals surface area contributed by atoms with Gasteiger partial charge < -0.3 is 10.2 Å². The molecular weight excluding hydrogens is 367 g/mol. The van der Waals surface area contributed by atoms with Gasteiger partial charge >= 0.3 is 5.69 Å². The van der Waals surface area contributed by atoms with Gasteiger partial charge in [-0.15, -0.1) is 0 Å². The van der Waals surface area contributed by atoms with Gasteiger partial charge in [-0.25, -0.2) is 9.18 Å². The Balaban J connectivity index is 1.70. The number of carbonyl (C=O) groups is 1. The number of nitrogens with zero attached hydrogens (tertiary/aromatic N) is 3. The molecule has 1 aromatic carbocycles. The van der Waals surface area contributed by atoms with Crippen LogP contribution in [-0.4, -0.2) is 46.8 Å². The monoisotopic (exact) mass is 390 g/mol. The maximum atomic E-state index is 13.2. The second kappa shape index (κ2) is 8.67. The van der Waals surface area contributed by atoms with E-state index in [-0.39, 0.29) is 17.3 Å². The van der Waals surface area contributed by atoms with Gasteiger partial charge in [0.2, 0.25) is 5.91 Å². The number of hydrogen-bond acceptors (Lipinski definition) is 5. The zero-order valence-corrected chi connectivity index (χ0v) is 16.3. The van der Waals surface area contributed by atoms with Crippen LogP contribution in [0.2, 0.25) is 0 Å². The van der Waals surface area contributed by atoms with E-state index in [2.05, 4.69) is 10.3 Å². The summed E-state index contributed by atoms with van der Waals surface area (Å²) in [5.74, 6) is -0.533. The van der Waals surface area contributed by atoms with E-state index < -0.39 is 5.82 Å². The van der Waals surface area contributed by atoms with Crippen molar-refractivity contribution in [2.75, 3.05) is 31.7 Å². The summed E-state index contributed by atoms with van der Waals surface area (Å²) in [5, 5.41) is 3.30. The zero-order chi connectivity index (χ0) is 19.4. The SMILES string of the molecule is CN(C)CCn1c2c(c(SCC(=O)Nc3cccc(F)c3)nc1=O)CCC2. The first kappa shape index (κ1) is 19.6. The number of aromatic nitrogens is 2. The molecule has 27 heavy (non-hydrogen) atoms. The number of halogens is 1. The normalized spacial score (nSPS) is 13.0. The van der Waals surface area contributed by atoms with Gasteiger partial charge in [0.15, 0.2) is 0 Å². The fourth-order valence-electron chi connectivity index (χ4n) is 3.13. The van der Waals surface area contributed by atoms with Crippen LogP contribution >= 0.6 is 11.8 Å². The smallest absolute Gasteiger partial charge is 0.325 e. The predicted molar refractivity (Wildman–Crippen MR) is 105 cm³/mol. The third-order valence-electron chi connectivity index (χ3n) is 4.42. The molecule has 0 unspecified atom stereocenters. The number of rotatable bonds is 7. The number of likely N-dealkylation sites (N-methyl/N-ethyl adjacent to an activating group) is 1. The summed E-state index contributed by atoms with van der Waals surface area (Å²) in [4.78, 5) is 30.9. The van der Waals surface area contributed by atoms with Gasteiger partial charge in [0.05, 0.1) is 5.75 Å². The largest absolute Gasteiger partial charge is 0.348 e. The summed E-state index contributed by atoms with van der Waals surface area (Å²) in [7, 11) is 3.94. The number of fused-ring (bicyclic) bond motifs is 1. The van der Waals surface area contributed by atoms with Crippen LogP contribution in [0.25, 0.3) is 0 Å². The van der Waals surface area contributed by atoms with E-state index in [1.165, 1.54) is 23.9 Å². The highest BCUT2D eigenvalue weighted by molar-refractivity contribution is 8.00. The molecule has 1 heterocycles. The number of thioether (sulfide) groups is 1. The van der Waals surface area contributed by atoms with E-state index in [1.54, 1.807) is 16.7 Å². The molecule has 0 spiro atoms. The second-order valence-electron chi connectivity index (χ2n) is 6.78. The van der Waals surface area contributed by atoms with Crippen LogP contribution in [0.3, 0.4) is 0 Å². The maximum absolute atomic E-state index is 13.2. The number of benzene rings is 1. The van der Waals surface area contributed by atoms with Gasteiger partial charge in [0, 0.05) is 30.0 Å². The number of hydrogen-bond donors (Lipinski definition) is 1. The summed E-state index contributed by atoms with van der Waals surface area (Å²) >= 11 is 1.26. The Morgan fingerprint density at radius 1 is 1.37 bits per heavy atom. The first-order valence-electron chi connectivity index (χ1n) is 8.89. The van der Waals surface area contributed by atoms with Crippen molar-refractivity contribution in [1.82, 2.24) is 14.5 Å². The minimum absolute atomic E-state index is 0.122. The third kappa shape index (κ3) is 4.95. The molecule has 0 bridgehead atoms. The predicted octanol–water partition coefficient (Wildman–Crippen LogP) is 2.16. The highest BCUT2D eigenvalue weighted by Crippen LogP contribution is 2.29. The van der Waals surface area contributed by atoms with Crippen LogP contribution in [0, 0.1) is 5.82 Å². The maximum Gasteiger partial charge on any atom is 0.348 e. The van der Waals surface area contributed by atoms with E-state index in [0.29, 0.717) is 17.3 Å². The highest BCUT2D eigenvalue weighted by Gasteiger charge is 2.22. The lowest BCUT2D eigenvalue weighted by Gasteiger charge is -2.16. The lowest BCUT2D eigenvalue weighted by atomic mass is 10.2. The summed E-state index contributed by atoms with van der Waals surface area (Å²) in [6, 6.07) is 5.76. The molecule has 1 aromatic heterocycles. The quantitative estimate of drug-likeness (QED) is 0.580. The molecule has 8 heteroatoms. The first-order chi connectivity index (χ1) is 12.9. The van der Waals surface area contributed by atoms with E-state index >= 15 is 0 Å². The van der Waals surface area contributed by atoms with Crippen LogP contribution in [-0.2, 0) is 24.2 Å². The molecule has 6 nitrogen and oxygen atoms in total. The number of amides is 1. The van der Waals surface area contributed by atoms with Crippen molar-refractivity contribution in [3.05, 3.63) is 51.8 Å². The van der Waals surface area contributed by atoms with Crippen molar-refractivity contribution in [1.29, 1.82) is 0 Å². The molecule has 1 N–H and O–H groups in total. The average molecular weight is 390 g/mol. The van der Waals surface area contributed by atoms with Crippen LogP contribution in [0.15, 0.2) is 34.1 Å². The molecular formula is C19H23FN4O2S.